The van der Waals surface area contributed by atoms with Gasteiger partial charge in [0, 0.05) is 17.8 Å². The van der Waals surface area contributed by atoms with E-state index >= 15 is 0 Å². The minimum atomic E-state index is -0.251. The summed E-state index contributed by atoms with van der Waals surface area (Å²) in [5.74, 6) is 0.457. The maximum atomic E-state index is 11.4. The molecule has 0 aliphatic carbocycles. The average molecular weight is 337 g/mol. The van der Waals surface area contributed by atoms with Crippen molar-refractivity contribution >= 4 is 29.1 Å². The summed E-state index contributed by atoms with van der Waals surface area (Å²) in [6.07, 6.45) is 3.80. The van der Waals surface area contributed by atoms with Crippen molar-refractivity contribution < 1.29 is 4.79 Å². The van der Waals surface area contributed by atoms with Gasteiger partial charge in [-0.15, -0.1) is 0 Å². The van der Waals surface area contributed by atoms with Gasteiger partial charge in [-0.1, -0.05) is 25.6 Å². The highest BCUT2D eigenvalue weighted by molar-refractivity contribution is 5.98. The van der Waals surface area contributed by atoms with Crippen molar-refractivity contribution in [3.63, 3.8) is 0 Å². The predicted octanol–water partition coefficient (Wildman–Crippen LogP) is 2.01. The van der Waals surface area contributed by atoms with Crippen LogP contribution in [0.25, 0.3) is 5.65 Å². The number of nitrogens with one attached hydrogen (secondary N) is 2. The molecule has 0 unspecified atom stereocenters. The van der Waals surface area contributed by atoms with E-state index in [2.05, 4.69) is 32.3 Å². The molecule has 0 saturated heterocycles. The number of aromatic nitrogens is 4. The van der Waals surface area contributed by atoms with Crippen molar-refractivity contribution in [1.82, 2.24) is 19.6 Å². The molecule has 0 aliphatic heterocycles. The van der Waals surface area contributed by atoms with Crippen LogP contribution >= 0.6 is 0 Å². The molecule has 25 heavy (non-hydrogen) atoms. The van der Waals surface area contributed by atoms with Gasteiger partial charge in [-0.05, 0) is 30.2 Å². The van der Waals surface area contributed by atoms with Gasteiger partial charge in [0.25, 0.3) is 0 Å². The fourth-order valence-corrected chi connectivity index (χ4v) is 2.44. The number of nitrogen functional groups attached to an aromatic ring is 1. The van der Waals surface area contributed by atoms with E-state index in [0.717, 1.165) is 17.5 Å². The van der Waals surface area contributed by atoms with Gasteiger partial charge in [0.15, 0.2) is 5.65 Å². The normalized spacial score (nSPS) is 10.6. The van der Waals surface area contributed by atoms with E-state index in [1.165, 1.54) is 6.08 Å². The van der Waals surface area contributed by atoms with Crippen molar-refractivity contribution in [3.8, 4) is 0 Å². The third-order valence-electron chi connectivity index (χ3n) is 3.67. The van der Waals surface area contributed by atoms with Crippen molar-refractivity contribution in [2.45, 2.75) is 19.9 Å². The number of fused-ring (bicyclic) bond motifs is 1. The van der Waals surface area contributed by atoms with Crippen LogP contribution in [-0.4, -0.2) is 25.5 Å². The van der Waals surface area contributed by atoms with E-state index in [9.17, 15) is 4.79 Å². The molecule has 1 amide bonds. The van der Waals surface area contributed by atoms with Gasteiger partial charge >= 0.3 is 0 Å². The number of rotatable bonds is 6. The number of anilines is 3. The number of hydrogen-bond donors (Lipinski definition) is 3. The van der Waals surface area contributed by atoms with Crippen LogP contribution in [0.3, 0.4) is 0 Å². The quantitative estimate of drug-likeness (QED) is 0.594. The Labute approximate surface area is 144 Å². The molecule has 3 rings (SSSR count). The van der Waals surface area contributed by atoms with Gasteiger partial charge in [0.1, 0.15) is 0 Å². The lowest BCUT2D eigenvalue weighted by Crippen LogP contribution is -2.11. The fraction of sp³-hybridized carbons (Fsp3) is 0.176. The summed E-state index contributed by atoms with van der Waals surface area (Å²) in [4.78, 5) is 19.9. The second kappa shape index (κ2) is 7.00. The number of aryl methyl sites for hydroxylation is 1. The summed E-state index contributed by atoms with van der Waals surface area (Å²) in [5.41, 5.74) is 9.18. The van der Waals surface area contributed by atoms with E-state index < -0.39 is 0 Å². The molecule has 0 spiro atoms. The molecule has 2 aromatic heterocycles. The first-order valence-electron chi connectivity index (χ1n) is 7.87. The van der Waals surface area contributed by atoms with Gasteiger partial charge in [0.05, 0.1) is 6.20 Å². The Morgan fingerprint density at radius 3 is 3.00 bits per heavy atom. The van der Waals surface area contributed by atoms with E-state index in [0.29, 0.717) is 23.8 Å². The number of amides is 1. The molecule has 0 radical (unpaired) electrons. The first kappa shape index (κ1) is 16.4. The molecule has 0 fully saturated rings. The van der Waals surface area contributed by atoms with Gasteiger partial charge in [-0.25, -0.2) is 0 Å². The number of benzene rings is 1. The first-order chi connectivity index (χ1) is 12.1. The lowest BCUT2D eigenvalue weighted by atomic mass is 10.2. The number of carbonyl (C=O) groups is 1. The van der Waals surface area contributed by atoms with Gasteiger partial charge < -0.3 is 16.4 Å². The molecule has 8 nitrogen and oxygen atoms in total. The summed E-state index contributed by atoms with van der Waals surface area (Å²) >= 11 is 0. The molecule has 1 aromatic carbocycles. The summed E-state index contributed by atoms with van der Waals surface area (Å²) in [6, 6.07) is 7.49. The Bertz CT molecular complexity index is 932. The zero-order valence-electron chi connectivity index (χ0n) is 13.9. The maximum absolute atomic E-state index is 11.4. The lowest BCUT2D eigenvalue weighted by molar-refractivity contribution is -0.111. The smallest absolute Gasteiger partial charge is 0.247 e. The monoisotopic (exact) mass is 337 g/mol. The lowest BCUT2D eigenvalue weighted by Gasteiger charge is -2.10. The largest absolute Gasteiger partial charge is 0.368 e. The van der Waals surface area contributed by atoms with E-state index in [1.807, 2.05) is 31.2 Å². The highest BCUT2D eigenvalue weighted by Gasteiger charge is 2.10. The Morgan fingerprint density at radius 2 is 2.24 bits per heavy atom. The number of nitrogens with two attached hydrogens (primary N) is 1. The molecule has 2 heterocycles. The Kier molecular flexibility index (Phi) is 4.60. The second-order valence-electron chi connectivity index (χ2n) is 5.41. The Hall–Kier alpha value is -3.42. The van der Waals surface area contributed by atoms with E-state index in [-0.39, 0.29) is 11.9 Å². The fourth-order valence-electron chi connectivity index (χ4n) is 2.44. The van der Waals surface area contributed by atoms with Crippen LogP contribution in [0.1, 0.15) is 18.1 Å². The molecular formula is C17H19N7O. The zero-order valence-corrected chi connectivity index (χ0v) is 13.9. The first-order valence-corrected chi connectivity index (χ1v) is 7.87. The van der Waals surface area contributed by atoms with Crippen molar-refractivity contribution in [1.29, 1.82) is 0 Å². The molecule has 0 bridgehead atoms. The second-order valence-corrected chi connectivity index (χ2v) is 5.41. The van der Waals surface area contributed by atoms with Crippen LogP contribution in [0.4, 0.5) is 17.6 Å². The third-order valence-corrected chi connectivity index (χ3v) is 3.67. The molecule has 0 saturated carbocycles. The van der Waals surface area contributed by atoms with Crippen LogP contribution in [-0.2, 0) is 17.8 Å². The van der Waals surface area contributed by atoms with Crippen molar-refractivity contribution in [2.24, 2.45) is 0 Å². The third kappa shape index (κ3) is 3.57. The van der Waals surface area contributed by atoms with E-state index in [4.69, 9.17) is 5.73 Å². The maximum Gasteiger partial charge on any atom is 0.247 e. The SMILES string of the molecule is C=CC(=O)Nc1cccc(CNc2nc(N)nc3c(CC)cnn23)c1. The van der Waals surface area contributed by atoms with Crippen molar-refractivity contribution in [2.75, 3.05) is 16.4 Å². The van der Waals surface area contributed by atoms with Crippen LogP contribution in [0.15, 0.2) is 43.1 Å². The molecule has 0 atom stereocenters. The van der Waals surface area contributed by atoms with Crippen LogP contribution in [0.5, 0.6) is 0 Å². The molecule has 3 aromatic rings. The number of carbonyl (C=O) groups excluding carboxylic acids is 1. The molecule has 4 N–H and O–H groups in total. The summed E-state index contributed by atoms with van der Waals surface area (Å²) in [5, 5.41) is 10.3. The number of nitrogens with zero attached hydrogens (tertiary/aromatic N) is 4. The van der Waals surface area contributed by atoms with Gasteiger partial charge in [0.2, 0.25) is 17.8 Å². The molecule has 128 valence electrons. The minimum absolute atomic E-state index is 0.192. The highest BCUT2D eigenvalue weighted by atomic mass is 16.1. The molecular weight excluding hydrogens is 318 g/mol. The standard InChI is InChI=1S/C17H19N7O/c1-3-12-10-20-24-15(12)22-16(18)23-17(24)19-9-11-6-5-7-13(8-11)21-14(25)4-2/h4-8,10H,2-3,9H2,1H3,(H,21,25)(H3,18,19,22,23). The molecule has 0 aliphatic rings. The van der Waals surface area contributed by atoms with Crippen LogP contribution in [0.2, 0.25) is 0 Å². The van der Waals surface area contributed by atoms with Gasteiger partial charge in [-0.3, -0.25) is 4.79 Å². The highest BCUT2D eigenvalue weighted by Crippen LogP contribution is 2.16. The summed E-state index contributed by atoms with van der Waals surface area (Å²) in [7, 11) is 0. The topological polar surface area (TPSA) is 110 Å². The van der Waals surface area contributed by atoms with Crippen LogP contribution < -0.4 is 16.4 Å². The summed E-state index contributed by atoms with van der Waals surface area (Å²) < 4.78 is 1.64. The zero-order chi connectivity index (χ0) is 17.8. The Morgan fingerprint density at radius 1 is 1.40 bits per heavy atom. The van der Waals surface area contributed by atoms with Crippen molar-refractivity contribution in [3.05, 3.63) is 54.2 Å². The number of hydrogen-bond acceptors (Lipinski definition) is 6. The summed E-state index contributed by atoms with van der Waals surface area (Å²) in [6.45, 7) is 5.97. The Balaban J connectivity index is 1.81. The predicted molar refractivity (Wildman–Crippen MR) is 97.2 cm³/mol. The minimum Gasteiger partial charge on any atom is -0.368 e. The van der Waals surface area contributed by atoms with E-state index in [1.54, 1.807) is 10.7 Å². The average Bonchev–Trinajstić information content (AvgIpc) is 3.02. The molecule has 8 heteroatoms. The van der Waals surface area contributed by atoms with Crippen LogP contribution in [0, 0.1) is 0 Å². The van der Waals surface area contributed by atoms with Gasteiger partial charge in [-0.2, -0.15) is 19.6 Å².